The average Bonchev–Trinajstić information content (AvgIpc) is 2.83. The minimum atomic E-state index is -4.13. The Morgan fingerprint density at radius 1 is 1.40 bits per heavy atom. The van der Waals surface area contributed by atoms with Gasteiger partial charge in [-0.25, -0.2) is 0 Å². The van der Waals surface area contributed by atoms with Gasteiger partial charge in [-0.3, -0.25) is 4.68 Å². The van der Waals surface area contributed by atoms with Gasteiger partial charge in [-0.2, -0.15) is 18.3 Å². The Bertz CT molecular complexity index is 419. The molecule has 1 N–H and O–H groups in total. The normalized spacial score (nSPS) is 23.8. The van der Waals surface area contributed by atoms with Crippen LogP contribution >= 0.6 is 0 Å². The highest BCUT2D eigenvalue weighted by Gasteiger charge is 2.45. The van der Waals surface area contributed by atoms with Crippen molar-refractivity contribution in [1.82, 2.24) is 9.78 Å². The molecule has 2 unspecified atom stereocenters. The maximum absolute atomic E-state index is 13.0. The number of ether oxygens (including phenoxy) is 1. The highest BCUT2D eigenvalue weighted by atomic mass is 19.4. The molecule has 1 heterocycles. The maximum atomic E-state index is 13.0. The number of hydrogen-bond acceptors (Lipinski definition) is 3. The lowest BCUT2D eigenvalue weighted by atomic mass is 9.84. The van der Waals surface area contributed by atoms with Crippen LogP contribution < -0.4 is 5.32 Å². The molecule has 2 atom stereocenters. The maximum Gasteiger partial charge on any atom is 0.393 e. The first-order valence-electron chi connectivity index (χ1n) is 6.85. The topological polar surface area (TPSA) is 39.1 Å². The van der Waals surface area contributed by atoms with Crippen molar-refractivity contribution in [2.24, 2.45) is 5.92 Å². The summed E-state index contributed by atoms with van der Waals surface area (Å²) in [7, 11) is 1.60. The van der Waals surface area contributed by atoms with Gasteiger partial charge in [0.2, 0.25) is 0 Å². The van der Waals surface area contributed by atoms with Crippen molar-refractivity contribution in [2.75, 3.05) is 19.0 Å². The van der Waals surface area contributed by atoms with Gasteiger partial charge in [0.25, 0.3) is 0 Å². The minimum absolute atomic E-state index is 0.207. The predicted octanol–water partition coefficient (Wildman–Crippen LogP) is 3.06. The Morgan fingerprint density at radius 3 is 2.85 bits per heavy atom. The molecule has 0 bridgehead atoms. The summed E-state index contributed by atoms with van der Waals surface area (Å²) in [6.45, 7) is 1.11. The van der Waals surface area contributed by atoms with Crippen LogP contribution in [0, 0.1) is 5.92 Å². The molecule has 0 saturated heterocycles. The van der Waals surface area contributed by atoms with Crippen molar-refractivity contribution in [1.29, 1.82) is 0 Å². The molecule has 7 heteroatoms. The fraction of sp³-hybridized carbons (Fsp3) is 0.769. The van der Waals surface area contributed by atoms with E-state index in [-0.39, 0.29) is 6.42 Å². The molecule has 4 nitrogen and oxygen atoms in total. The molecule has 1 aliphatic rings. The first-order valence-corrected chi connectivity index (χ1v) is 6.85. The minimum Gasteiger partial charge on any atom is -0.383 e. The molecule has 1 saturated carbocycles. The standard InChI is InChI=1S/C13H20F3N3O/c1-20-7-6-19-9-10(8-17-19)18-12-5-3-2-4-11(12)13(14,15)16/h8-9,11-12,18H,2-7H2,1H3. The van der Waals surface area contributed by atoms with E-state index in [2.05, 4.69) is 10.4 Å². The molecular weight excluding hydrogens is 271 g/mol. The molecule has 0 aliphatic heterocycles. The van der Waals surface area contributed by atoms with E-state index in [1.807, 2.05) is 0 Å². The number of halogens is 3. The fourth-order valence-corrected chi connectivity index (χ4v) is 2.65. The third kappa shape index (κ3) is 3.88. The van der Waals surface area contributed by atoms with Crippen molar-refractivity contribution in [3.05, 3.63) is 12.4 Å². The first-order chi connectivity index (χ1) is 9.50. The van der Waals surface area contributed by atoms with Gasteiger partial charge in [0, 0.05) is 19.3 Å². The average molecular weight is 291 g/mol. The first kappa shape index (κ1) is 15.2. The predicted molar refractivity (Wildman–Crippen MR) is 69.5 cm³/mol. The van der Waals surface area contributed by atoms with Crippen LogP contribution in [0.3, 0.4) is 0 Å². The number of anilines is 1. The summed E-state index contributed by atoms with van der Waals surface area (Å²) in [6.07, 6.45) is 1.40. The highest BCUT2D eigenvalue weighted by molar-refractivity contribution is 5.39. The second kappa shape index (κ2) is 6.47. The second-order valence-corrected chi connectivity index (χ2v) is 5.17. The van der Waals surface area contributed by atoms with Crippen LogP contribution in [0.5, 0.6) is 0 Å². The van der Waals surface area contributed by atoms with Gasteiger partial charge >= 0.3 is 6.18 Å². The Hall–Kier alpha value is -1.24. The smallest absolute Gasteiger partial charge is 0.383 e. The molecule has 20 heavy (non-hydrogen) atoms. The Labute approximate surface area is 116 Å². The van der Waals surface area contributed by atoms with Crippen molar-refractivity contribution in [2.45, 2.75) is 44.4 Å². The number of aromatic nitrogens is 2. The summed E-state index contributed by atoms with van der Waals surface area (Å²) in [5.41, 5.74) is 0.641. The van der Waals surface area contributed by atoms with Crippen LogP contribution in [0.1, 0.15) is 25.7 Å². The fourth-order valence-electron chi connectivity index (χ4n) is 2.65. The Kier molecular flexibility index (Phi) is 4.91. The molecule has 1 fully saturated rings. The van der Waals surface area contributed by atoms with E-state index in [0.717, 1.165) is 6.42 Å². The SMILES string of the molecule is COCCn1cc(NC2CCCCC2C(F)(F)F)cn1. The lowest BCUT2D eigenvalue weighted by Gasteiger charge is -2.33. The molecule has 1 aromatic heterocycles. The van der Waals surface area contributed by atoms with Crippen LogP contribution in [0.15, 0.2) is 12.4 Å². The monoisotopic (exact) mass is 291 g/mol. The molecule has 1 aromatic rings. The summed E-state index contributed by atoms with van der Waals surface area (Å²) >= 11 is 0. The summed E-state index contributed by atoms with van der Waals surface area (Å²) in [5, 5.41) is 7.09. The number of methoxy groups -OCH3 is 1. The largest absolute Gasteiger partial charge is 0.393 e. The molecule has 2 rings (SSSR count). The lowest BCUT2D eigenvalue weighted by molar-refractivity contribution is -0.184. The van der Waals surface area contributed by atoms with Gasteiger partial charge in [0.1, 0.15) is 0 Å². The summed E-state index contributed by atoms with van der Waals surface area (Å²) in [4.78, 5) is 0. The quantitative estimate of drug-likeness (QED) is 0.906. The van der Waals surface area contributed by atoms with E-state index in [0.29, 0.717) is 31.7 Å². The number of hydrogen-bond donors (Lipinski definition) is 1. The van der Waals surface area contributed by atoms with E-state index < -0.39 is 18.1 Å². The van der Waals surface area contributed by atoms with Gasteiger partial charge in [-0.05, 0) is 12.8 Å². The van der Waals surface area contributed by atoms with Gasteiger partial charge in [0.15, 0.2) is 0 Å². The molecule has 0 spiro atoms. The van der Waals surface area contributed by atoms with E-state index in [4.69, 9.17) is 4.74 Å². The van der Waals surface area contributed by atoms with Crippen LogP contribution in [0.4, 0.5) is 18.9 Å². The van der Waals surface area contributed by atoms with Crippen LogP contribution in [0.2, 0.25) is 0 Å². The van der Waals surface area contributed by atoms with Crippen LogP contribution in [-0.2, 0) is 11.3 Å². The van der Waals surface area contributed by atoms with Gasteiger partial charge in [-0.1, -0.05) is 12.8 Å². The summed E-state index contributed by atoms with van der Waals surface area (Å²) in [6, 6.07) is -0.552. The lowest BCUT2D eigenvalue weighted by Crippen LogP contribution is -2.41. The molecule has 0 aromatic carbocycles. The van der Waals surface area contributed by atoms with Gasteiger partial charge < -0.3 is 10.1 Å². The Balaban J connectivity index is 1.98. The number of alkyl halides is 3. The Morgan fingerprint density at radius 2 is 2.15 bits per heavy atom. The van der Waals surface area contributed by atoms with E-state index in [1.165, 1.54) is 0 Å². The zero-order valence-electron chi connectivity index (χ0n) is 11.5. The van der Waals surface area contributed by atoms with Crippen molar-refractivity contribution in [3.63, 3.8) is 0 Å². The molecule has 1 aliphatic carbocycles. The molecule has 0 radical (unpaired) electrons. The molecule has 0 amide bonds. The third-order valence-electron chi connectivity index (χ3n) is 3.70. The zero-order valence-corrected chi connectivity index (χ0v) is 11.5. The summed E-state index contributed by atoms with van der Waals surface area (Å²) < 4.78 is 45.6. The highest BCUT2D eigenvalue weighted by Crippen LogP contribution is 2.38. The second-order valence-electron chi connectivity index (χ2n) is 5.17. The number of rotatable bonds is 5. The molecular formula is C13H20F3N3O. The van der Waals surface area contributed by atoms with E-state index in [1.54, 1.807) is 24.2 Å². The van der Waals surface area contributed by atoms with Crippen molar-refractivity contribution in [3.8, 4) is 0 Å². The van der Waals surface area contributed by atoms with Gasteiger partial charge in [-0.15, -0.1) is 0 Å². The summed E-state index contributed by atoms with van der Waals surface area (Å²) in [5.74, 6) is -1.27. The van der Waals surface area contributed by atoms with Crippen molar-refractivity contribution < 1.29 is 17.9 Å². The van der Waals surface area contributed by atoms with Crippen LogP contribution in [0.25, 0.3) is 0 Å². The van der Waals surface area contributed by atoms with Crippen molar-refractivity contribution >= 4 is 5.69 Å². The third-order valence-corrected chi connectivity index (χ3v) is 3.70. The van der Waals surface area contributed by atoms with Crippen LogP contribution in [-0.4, -0.2) is 35.7 Å². The van der Waals surface area contributed by atoms with Gasteiger partial charge in [0.05, 0.1) is 31.0 Å². The zero-order chi connectivity index (χ0) is 14.6. The van der Waals surface area contributed by atoms with E-state index in [9.17, 15) is 13.2 Å². The number of nitrogens with one attached hydrogen (secondary N) is 1. The number of nitrogens with zero attached hydrogens (tertiary/aromatic N) is 2. The van der Waals surface area contributed by atoms with E-state index >= 15 is 0 Å². The molecule has 114 valence electrons.